The Hall–Kier alpha value is -2.97. The Kier molecular flexibility index (Phi) is 5.81. The molecule has 4 aliphatic heterocycles. The van der Waals surface area contributed by atoms with E-state index in [4.69, 9.17) is 4.74 Å². The third-order valence-corrected chi connectivity index (χ3v) is 7.45. The van der Waals surface area contributed by atoms with E-state index >= 15 is 0 Å². The molecule has 1 N–H and O–H groups in total. The molecule has 180 valence electrons. The lowest BCUT2D eigenvalue weighted by Gasteiger charge is -2.36. The highest BCUT2D eigenvalue weighted by molar-refractivity contribution is 5.99. The quantitative estimate of drug-likeness (QED) is 0.655. The lowest BCUT2D eigenvalue weighted by molar-refractivity contribution is -0.149. The van der Waals surface area contributed by atoms with Gasteiger partial charge in [0.05, 0.1) is 24.5 Å². The minimum atomic E-state index is -1.24. The number of nitrogens with zero attached hydrogens (tertiary/aromatic N) is 3. The summed E-state index contributed by atoms with van der Waals surface area (Å²) in [4.78, 5) is 46.3. The van der Waals surface area contributed by atoms with Crippen LogP contribution in [0.4, 0.5) is 0 Å². The standard InChI is InChI=1S/C26H31N3O5/c1-17(2)28-13-7-11-26-21(24(32)29(14-15-30)22(26)25(28)33)20-19(34-26)10-6-12-27(23(20)31)16-18-8-4-3-5-9-18/h3-11,17,19-22,30H,12-16H2,1-2H3/t19-,20+,21+,22?,26+/m1/s1. The van der Waals surface area contributed by atoms with E-state index in [0.717, 1.165) is 5.56 Å². The Morgan fingerprint density at radius 3 is 2.53 bits per heavy atom. The van der Waals surface area contributed by atoms with Crippen LogP contribution in [-0.2, 0) is 25.7 Å². The second-order valence-corrected chi connectivity index (χ2v) is 9.72. The van der Waals surface area contributed by atoms with Crippen LogP contribution in [0, 0.1) is 11.8 Å². The number of aliphatic hydroxyl groups excluding tert-OH is 1. The largest absolute Gasteiger partial charge is 0.395 e. The van der Waals surface area contributed by atoms with Gasteiger partial charge in [0.2, 0.25) is 17.7 Å². The first-order chi connectivity index (χ1) is 16.4. The highest BCUT2D eigenvalue weighted by Gasteiger charge is 2.71. The van der Waals surface area contributed by atoms with Crippen molar-refractivity contribution in [3.8, 4) is 0 Å². The monoisotopic (exact) mass is 465 g/mol. The zero-order chi connectivity index (χ0) is 24.0. The number of carbonyl (C=O) groups is 3. The van der Waals surface area contributed by atoms with Crippen molar-refractivity contribution >= 4 is 17.7 Å². The van der Waals surface area contributed by atoms with Gasteiger partial charge < -0.3 is 24.5 Å². The molecule has 2 saturated heterocycles. The summed E-state index contributed by atoms with van der Waals surface area (Å²) in [6, 6.07) is 8.77. The molecular formula is C26H31N3O5. The number of fused-ring (bicyclic) bond motifs is 2. The van der Waals surface area contributed by atoms with Crippen molar-refractivity contribution < 1.29 is 24.2 Å². The number of β-amino-alcohol motifs (C(OH)–C–C–N with tert-alkyl or cyclic N) is 1. The van der Waals surface area contributed by atoms with Crippen LogP contribution < -0.4 is 0 Å². The average Bonchev–Trinajstić information content (AvgIpc) is 3.12. The van der Waals surface area contributed by atoms with Gasteiger partial charge in [-0.3, -0.25) is 14.4 Å². The van der Waals surface area contributed by atoms with Gasteiger partial charge in [0.1, 0.15) is 11.6 Å². The Balaban J connectivity index is 1.55. The molecule has 8 heteroatoms. The molecule has 0 bridgehead atoms. The van der Waals surface area contributed by atoms with Gasteiger partial charge in [0, 0.05) is 32.2 Å². The summed E-state index contributed by atoms with van der Waals surface area (Å²) in [6.07, 6.45) is 6.89. The van der Waals surface area contributed by atoms with Crippen molar-refractivity contribution in [2.24, 2.45) is 11.8 Å². The summed E-state index contributed by atoms with van der Waals surface area (Å²) in [7, 11) is 0. The predicted molar refractivity (Wildman–Crippen MR) is 124 cm³/mol. The molecule has 4 aliphatic rings. The van der Waals surface area contributed by atoms with E-state index in [2.05, 4.69) is 0 Å². The lowest BCUT2D eigenvalue weighted by atomic mass is 9.77. The van der Waals surface area contributed by atoms with E-state index in [1.54, 1.807) is 9.80 Å². The van der Waals surface area contributed by atoms with Crippen LogP contribution in [0.5, 0.6) is 0 Å². The highest BCUT2D eigenvalue weighted by atomic mass is 16.5. The number of aliphatic hydroxyl groups is 1. The number of amides is 3. The van der Waals surface area contributed by atoms with Crippen molar-refractivity contribution in [2.45, 2.75) is 44.2 Å². The van der Waals surface area contributed by atoms with Gasteiger partial charge in [-0.2, -0.15) is 0 Å². The molecule has 5 rings (SSSR count). The van der Waals surface area contributed by atoms with Crippen LogP contribution in [0.15, 0.2) is 54.6 Å². The first-order valence-corrected chi connectivity index (χ1v) is 12.0. The van der Waals surface area contributed by atoms with Gasteiger partial charge in [0.15, 0.2) is 0 Å². The fourth-order valence-corrected chi connectivity index (χ4v) is 5.96. The van der Waals surface area contributed by atoms with Crippen LogP contribution in [0.25, 0.3) is 0 Å². The van der Waals surface area contributed by atoms with Crippen LogP contribution >= 0.6 is 0 Å². The number of rotatable bonds is 5. The molecule has 8 nitrogen and oxygen atoms in total. The zero-order valence-electron chi connectivity index (χ0n) is 19.5. The smallest absolute Gasteiger partial charge is 0.249 e. The van der Waals surface area contributed by atoms with E-state index in [0.29, 0.717) is 19.6 Å². The predicted octanol–water partition coefficient (Wildman–Crippen LogP) is 0.965. The molecule has 0 radical (unpaired) electrons. The third kappa shape index (κ3) is 3.39. The molecule has 1 unspecified atom stereocenters. The third-order valence-electron chi connectivity index (χ3n) is 7.45. The van der Waals surface area contributed by atoms with Gasteiger partial charge in [-0.1, -0.05) is 54.6 Å². The number of benzene rings is 1. The Morgan fingerprint density at radius 2 is 1.82 bits per heavy atom. The topological polar surface area (TPSA) is 90.4 Å². The molecule has 5 atom stereocenters. The maximum atomic E-state index is 13.9. The molecule has 1 aromatic carbocycles. The normalized spacial score (nSPS) is 32.7. The summed E-state index contributed by atoms with van der Waals surface area (Å²) < 4.78 is 6.54. The first kappa shape index (κ1) is 22.8. The molecule has 1 aromatic rings. The van der Waals surface area contributed by atoms with Crippen molar-refractivity contribution in [1.29, 1.82) is 0 Å². The van der Waals surface area contributed by atoms with Crippen molar-refractivity contribution in [1.82, 2.24) is 14.7 Å². The summed E-state index contributed by atoms with van der Waals surface area (Å²) >= 11 is 0. The Bertz CT molecular complexity index is 1040. The molecule has 0 aromatic heterocycles. The molecular weight excluding hydrogens is 434 g/mol. The molecule has 2 fully saturated rings. The van der Waals surface area contributed by atoms with E-state index < -0.39 is 29.6 Å². The van der Waals surface area contributed by atoms with Crippen LogP contribution in [0.1, 0.15) is 19.4 Å². The number of ether oxygens (including phenoxy) is 1. The molecule has 4 heterocycles. The summed E-state index contributed by atoms with van der Waals surface area (Å²) in [5, 5.41) is 9.70. The van der Waals surface area contributed by atoms with E-state index in [9.17, 15) is 19.5 Å². The minimum Gasteiger partial charge on any atom is -0.395 e. The number of hydrogen-bond acceptors (Lipinski definition) is 5. The fraction of sp³-hybridized carbons (Fsp3) is 0.500. The summed E-state index contributed by atoms with van der Waals surface area (Å²) in [6.45, 7) is 4.88. The van der Waals surface area contributed by atoms with Crippen molar-refractivity contribution in [3.63, 3.8) is 0 Å². The van der Waals surface area contributed by atoms with Gasteiger partial charge in [-0.15, -0.1) is 0 Å². The zero-order valence-corrected chi connectivity index (χ0v) is 19.5. The molecule has 0 saturated carbocycles. The Labute approximate surface area is 199 Å². The first-order valence-electron chi connectivity index (χ1n) is 12.0. The molecule has 1 spiro atoms. The minimum absolute atomic E-state index is 0.0196. The molecule has 34 heavy (non-hydrogen) atoms. The maximum absolute atomic E-state index is 13.9. The van der Waals surface area contributed by atoms with Gasteiger partial charge in [-0.05, 0) is 19.4 Å². The highest BCUT2D eigenvalue weighted by Crippen LogP contribution is 2.53. The van der Waals surface area contributed by atoms with Crippen LogP contribution in [0.3, 0.4) is 0 Å². The van der Waals surface area contributed by atoms with E-state index in [1.807, 2.05) is 68.5 Å². The second kappa shape index (κ2) is 8.67. The van der Waals surface area contributed by atoms with Crippen molar-refractivity contribution in [3.05, 3.63) is 60.2 Å². The summed E-state index contributed by atoms with van der Waals surface area (Å²) in [5.74, 6) is -2.22. The van der Waals surface area contributed by atoms with Gasteiger partial charge in [-0.25, -0.2) is 0 Å². The van der Waals surface area contributed by atoms with E-state index in [1.165, 1.54) is 4.90 Å². The lowest BCUT2D eigenvalue weighted by Crippen LogP contribution is -2.56. The SMILES string of the molecule is CC(C)N1CC=C[C@]23O[C@@H]4C=CCN(Cc5ccccc5)C(=O)[C@@H]4[C@H]2C(=O)N(CCO)C3C1=O. The second-order valence-electron chi connectivity index (χ2n) is 9.72. The van der Waals surface area contributed by atoms with Crippen molar-refractivity contribution in [2.75, 3.05) is 26.2 Å². The number of carbonyl (C=O) groups excluding carboxylic acids is 3. The number of likely N-dealkylation sites (tertiary alicyclic amines) is 1. The van der Waals surface area contributed by atoms with Crippen LogP contribution in [-0.4, -0.2) is 87.6 Å². The molecule has 3 amide bonds. The number of hydrogen-bond donors (Lipinski definition) is 1. The maximum Gasteiger partial charge on any atom is 0.249 e. The van der Waals surface area contributed by atoms with Gasteiger partial charge >= 0.3 is 0 Å². The van der Waals surface area contributed by atoms with Crippen LogP contribution in [0.2, 0.25) is 0 Å². The van der Waals surface area contributed by atoms with E-state index in [-0.39, 0.29) is 36.9 Å². The van der Waals surface area contributed by atoms with Gasteiger partial charge in [0.25, 0.3) is 0 Å². The average molecular weight is 466 g/mol. The summed E-state index contributed by atoms with van der Waals surface area (Å²) in [5.41, 5.74) is -0.232. The fourth-order valence-electron chi connectivity index (χ4n) is 5.96. The molecule has 0 aliphatic carbocycles. The Morgan fingerprint density at radius 1 is 1.06 bits per heavy atom.